The predicted molar refractivity (Wildman–Crippen MR) is 124 cm³/mol. The van der Waals surface area contributed by atoms with Crippen LogP contribution in [-0.4, -0.2) is 42.2 Å². The number of rotatable bonds is 7. The van der Waals surface area contributed by atoms with Crippen LogP contribution in [0.25, 0.3) is 6.08 Å². The number of anilines is 1. The number of nitrogens with one attached hydrogen (secondary N) is 1. The lowest BCUT2D eigenvalue weighted by Gasteiger charge is -2.14. The second kappa shape index (κ2) is 10.0. The number of nitrogens with zero attached hydrogens (tertiary/aromatic N) is 1. The van der Waals surface area contributed by atoms with Crippen LogP contribution in [0.3, 0.4) is 0 Å². The fraction of sp³-hybridized carbons (Fsp3) is 0.227. The summed E-state index contributed by atoms with van der Waals surface area (Å²) in [4.78, 5) is 38.0. The molecule has 7 nitrogen and oxygen atoms in total. The molecule has 0 aromatic heterocycles. The summed E-state index contributed by atoms with van der Waals surface area (Å²) in [6.45, 7) is 3.83. The second-order valence-electron chi connectivity index (χ2n) is 6.66. The number of carbonyl (C=O) groups excluding carboxylic acids is 3. The van der Waals surface area contributed by atoms with Crippen LogP contribution in [0.2, 0.25) is 0 Å². The van der Waals surface area contributed by atoms with E-state index in [4.69, 9.17) is 9.47 Å². The zero-order valence-corrected chi connectivity index (χ0v) is 19.6. The van der Waals surface area contributed by atoms with Crippen molar-refractivity contribution in [3.63, 3.8) is 0 Å². The molecular formula is C22H21BrN2O5S. The third-order valence-corrected chi connectivity index (χ3v) is 5.92. The third kappa shape index (κ3) is 5.48. The molecule has 1 aliphatic rings. The second-order valence-corrected chi connectivity index (χ2v) is 8.51. The maximum atomic E-state index is 12.3. The van der Waals surface area contributed by atoms with Gasteiger partial charge in [0, 0.05) is 12.2 Å². The molecule has 0 aliphatic carbocycles. The predicted octanol–water partition coefficient (Wildman–Crippen LogP) is 4.84. The van der Waals surface area contributed by atoms with Gasteiger partial charge >= 0.3 is 0 Å². The van der Waals surface area contributed by atoms with E-state index >= 15 is 0 Å². The average molecular weight is 505 g/mol. The summed E-state index contributed by atoms with van der Waals surface area (Å²) in [6.07, 6.45) is 1.63. The minimum atomic E-state index is -0.319. The molecule has 1 N–H and O–H groups in total. The number of hydrogen-bond donors (Lipinski definition) is 1. The van der Waals surface area contributed by atoms with Gasteiger partial charge in [-0.2, -0.15) is 0 Å². The smallest absolute Gasteiger partial charge is 0.293 e. The Bertz CT molecular complexity index is 1050. The number of hydrogen-bond acceptors (Lipinski definition) is 6. The first kappa shape index (κ1) is 22.9. The number of ether oxygens (including phenoxy) is 2. The number of carbonyl (C=O) groups is 3. The molecule has 2 aromatic rings. The highest BCUT2D eigenvalue weighted by Crippen LogP contribution is 2.39. The van der Waals surface area contributed by atoms with Crippen molar-refractivity contribution in [3.8, 4) is 11.5 Å². The van der Waals surface area contributed by atoms with Gasteiger partial charge in [0.1, 0.15) is 0 Å². The van der Waals surface area contributed by atoms with Gasteiger partial charge in [-0.3, -0.25) is 19.3 Å². The molecule has 1 heterocycles. The van der Waals surface area contributed by atoms with Crippen LogP contribution in [0.1, 0.15) is 18.1 Å². The zero-order chi connectivity index (χ0) is 22.5. The Hall–Kier alpha value is -2.78. The largest absolute Gasteiger partial charge is 0.493 e. The van der Waals surface area contributed by atoms with E-state index in [-0.39, 0.29) is 23.7 Å². The van der Waals surface area contributed by atoms with Crippen molar-refractivity contribution in [2.45, 2.75) is 13.8 Å². The number of thioether (sulfide) groups is 1. The molecule has 31 heavy (non-hydrogen) atoms. The molecule has 0 atom stereocenters. The zero-order valence-electron chi connectivity index (χ0n) is 17.2. The van der Waals surface area contributed by atoms with Gasteiger partial charge in [-0.15, -0.1) is 0 Å². The molecule has 0 spiro atoms. The van der Waals surface area contributed by atoms with E-state index in [9.17, 15) is 14.4 Å². The third-order valence-electron chi connectivity index (χ3n) is 4.42. The SMILES string of the molecule is CCN1C(=O)S/C(=C/c2cc(Br)c(OCC(=O)Nc3ccc(C)cc3)c(OC)c2)C1=O. The van der Waals surface area contributed by atoms with E-state index < -0.39 is 0 Å². The highest BCUT2D eigenvalue weighted by atomic mass is 79.9. The van der Waals surface area contributed by atoms with E-state index in [1.807, 2.05) is 31.2 Å². The average Bonchev–Trinajstić information content (AvgIpc) is 3.00. The highest BCUT2D eigenvalue weighted by molar-refractivity contribution is 9.10. The van der Waals surface area contributed by atoms with E-state index in [2.05, 4.69) is 21.2 Å². The minimum absolute atomic E-state index is 0.211. The molecule has 0 radical (unpaired) electrons. The quantitative estimate of drug-likeness (QED) is 0.543. The number of methoxy groups -OCH3 is 1. The fourth-order valence-corrected chi connectivity index (χ4v) is 4.34. The number of aryl methyl sites for hydroxylation is 1. The van der Waals surface area contributed by atoms with E-state index in [0.717, 1.165) is 17.3 Å². The van der Waals surface area contributed by atoms with Crippen molar-refractivity contribution >= 4 is 56.5 Å². The van der Waals surface area contributed by atoms with Crippen LogP contribution in [0.4, 0.5) is 10.5 Å². The summed E-state index contributed by atoms with van der Waals surface area (Å²) in [5.41, 5.74) is 2.44. The lowest BCUT2D eigenvalue weighted by atomic mass is 10.2. The molecule has 1 saturated heterocycles. The van der Waals surface area contributed by atoms with Crippen molar-refractivity contribution in [1.82, 2.24) is 4.90 Å². The van der Waals surface area contributed by atoms with Crippen molar-refractivity contribution in [2.75, 3.05) is 25.6 Å². The summed E-state index contributed by atoms with van der Waals surface area (Å²) >= 11 is 4.33. The van der Waals surface area contributed by atoms with Crippen molar-refractivity contribution in [1.29, 1.82) is 0 Å². The highest BCUT2D eigenvalue weighted by Gasteiger charge is 2.33. The van der Waals surface area contributed by atoms with Crippen LogP contribution >= 0.6 is 27.7 Å². The van der Waals surface area contributed by atoms with Crippen LogP contribution < -0.4 is 14.8 Å². The molecule has 3 rings (SSSR count). The summed E-state index contributed by atoms with van der Waals surface area (Å²) in [7, 11) is 1.48. The standard InChI is InChI=1S/C22H21BrN2O5S/c1-4-25-21(27)18(31-22(25)28)11-14-9-16(23)20(17(10-14)29-3)30-12-19(26)24-15-7-5-13(2)6-8-15/h5-11H,4,12H2,1-3H3,(H,24,26)/b18-11+. The lowest BCUT2D eigenvalue weighted by molar-refractivity contribution is -0.122. The van der Waals surface area contributed by atoms with E-state index in [1.165, 1.54) is 12.0 Å². The molecule has 0 saturated carbocycles. The molecule has 3 amide bonds. The Morgan fingerprint density at radius 3 is 2.55 bits per heavy atom. The Labute approximate surface area is 192 Å². The topological polar surface area (TPSA) is 84.9 Å². The Morgan fingerprint density at radius 2 is 1.94 bits per heavy atom. The normalized spacial score (nSPS) is 14.8. The Morgan fingerprint density at radius 1 is 1.23 bits per heavy atom. The number of halogens is 1. The number of imide groups is 1. The van der Waals surface area contributed by atoms with Crippen molar-refractivity contribution in [3.05, 3.63) is 56.9 Å². The molecule has 2 aromatic carbocycles. The molecule has 162 valence electrons. The molecular weight excluding hydrogens is 484 g/mol. The molecule has 0 unspecified atom stereocenters. The lowest BCUT2D eigenvalue weighted by Crippen LogP contribution is -2.27. The summed E-state index contributed by atoms with van der Waals surface area (Å²) in [5, 5.41) is 2.48. The van der Waals surface area contributed by atoms with Gasteiger partial charge in [0.15, 0.2) is 18.1 Å². The maximum Gasteiger partial charge on any atom is 0.293 e. The van der Waals surface area contributed by atoms with Gasteiger partial charge in [-0.05, 0) is 77.4 Å². The molecule has 1 fully saturated rings. The van der Waals surface area contributed by atoms with Gasteiger partial charge in [-0.25, -0.2) is 0 Å². The summed E-state index contributed by atoms with van der Waals surface area (Å²) < 4.78 is 11.6. The number of likely N-dealkylation sites (N-methyl/N-ethyl adjacent to an activating group) is 1. The summed E-state index contributed by atoms with van der Waals surface area (Å²) in [5.74, 6) is 0.120. The fourth-order valence-electron chi connectivity index (χ4n) is 2.86. The minimum Gasteiger partial charge on any atom is -0.493 e. The summed E-state index contributed by atoms with van der Waals surface area (Å²) in [6, 6.07) is 10.9. The van der Waals surface area contributed by atoms with Gasteiger partial charge in [0.2, 0.25) is 0 Å². The van der Waals surface area contributed by atoms with Gasteiger partial charge in [-0.1, -0.05) is 17.7 Å². The van der Waals surface area contributed by atoms with Crippen molar-refractivity contribution < 1.29 is 23.9 Å². The first-order chi connectivity index (χ1) is 14.8. The maximum absolute atomic E-state index is 12.3. The van der Waals surface area contributed by atoms with Crippen LogP contribution in [0.15, 0.2) is 45.8 Å². The van der Waals surface area contributed by atoms with Gasteiger partial charge in [0.25, 0.3) is 17.1 Å². The first-order valence-electron chi connectivity index (χ1n) is 9.44. The number of amides is 3. The Balaban J connectivity index is 1.73. The van der Waals surface area contributed by atoms with Gasteiger partial charge < -0.3 is 14.8 Å². The van der Waals surface area contributed by atoms with E-state index in [1.54, 1.807) is 25.1 Å². The van der Waals surface area contributed by atoms with Crippen LogP contribution in [0, 0.1) is 6.92 Å². The molecule has 9 heteroatoms. The Kier molecular flexibility index (Phi) is 7.40. The number of benzene rings is 2. The van der Waals surface area contributed by atoms with Crippen LogP contribution in [0.5, 0.6) is 11.5 Å². The molecule has 1 aliphatic heterocycles. The van der Waals surface area contributed by atoms with Crippen molar-refractivity contribution in [2.24, 2.45) is 0 Å². The molecule has 0 bridgehead atoms. The first-order valence-corrected chi connectivity index (χ1v) is 11.1. The monoisotopic (exact) mass is 504 g/mol. The van der Waals surface area contributed by atoms with E-state index in [0.29, 0.717) is 38.7 Å². The van der Waals surface area contributed by atoms with Gasteiger partial charge in [0.05, 0.1) is 16.5 Å². The van der Waals surface area contributed by atoms with Crippen LogP contribution in [-0.2, 0) is 9.59 Å².